The molecule has 0 unspecified atom stereocenters. The van der Waals surface area contributed by atoms with Crippen LogP contribution in [0.3, 0.4) is 0 Å². The molecule has 1 aromatic rings. The van der Waals surface area contributed by atoms with Crippen molar-refractivity contribution in [3.05, 3.63) is 56.4 Å². The smallest absolute Gasteiger partial charge is 0.352 e. The van der Waals surface area contributed by atoms with Crippen LogP contribution in [0.1, 0.15) is 70.4 Å². The number of sulfonamides is 1. The minimum atomic E-state index is -4.66. The van der Waals surface area contributed by atoms with Gasteiger partial charge in [0, 0.05) is 35.3 Å². The van der Waals surface area contributed by atoms with Crippen LogP contribution in [0, 0.1) is 0 Å². The SMILES string of the molecule is CC(C)n1c2c(cc(=C3C=CC(NS(=O)(=O)CCC(F)(F)F)=C(F)C3)c1=O)CN=C(NC1CCC(N3CCC3)CC1)N=2. The molecule has 2 aliphatic carbocycles. The first kappa shape index (κ1) is 30.5. The van der Waals surface area contributed by atoms with E-state index in [0.29, 0.717) is 28.6 Å². The molecular weight excluding hydrogens is 576 g/mol. The van der Waals surface area contributed by atoms with Crippen molar-refractivity contribution in [1.82, 2.24) is 19.5 Å². The lowest BCUT2D eigenvalue weighted by Gasteiger charge is -2.42. The van der Waals surface area contributed by atoms with Crippen molar-refractivity contribution >= 4 is 21.6 Å². The van der Waals surface area contributed by atoms with Gasteiger partial charge in [-0.05, 0) is 76.8 Å². The van der Waals surface area contributed by atoms with Crippen LogP contribution in [0.15, 0.2) is 44.5 Å². The van der Waals surface area contributed by atoms with Gasteiger partial charge in [0.25, 0.3) is 5.56 Å². The molecule has 3 heterocycles. The van der Waals surface area contributed by atoms with Crippen LogP contribution in [-0.4, -0.2) is 60.9 Å². The zero-order chi connectivity index (χ0) is 30.2. The Bertz CT molecular complexity index is 1600. The van der Waals surface area contributed by atoms with Gasteiger partial charge in [0.15, 0.2) is 0 Å². The second-order valence-corrected chi connectivity index (χ2v) is 13.4. The number of likely N-dealkylation sites (tertiary alicyclic amines) is 1. The number of nitrogens with zero attached hydrogens (tertiary/aromatic N) is 4. The zero-order valence-electron chi connectivity index (χ0n) is 23.7. The summed E-state index contributed by atoms with van der Waals surface area (Å²) in [7, 11) is -4.42. The summed E-state index contributed by atoms with van der Waals surface area (Å²) >= 11 is 0. The normalized spacial score (nSPS) is 24.6. The van der Waals surface area contributed by atoms with Crippen molar-refractivity contribution < 1.29 is 26.0 Å². The van der Waals surface area contributed by atoms with Gasteiger partial charge in [0.05, 0.1) is 24.4 Å². The molecule has 14 heteroatoms. The van der Waals surface area contributed by atoms with Gasteiger partial charge in [-0.1, -0.05) is 6.08 Å². The van der Waals surface area contributed by atoms with Crippen molar-refractivity contribution in [2.75, 3.05) is 18.8 Å². The van der Waals surface area contributed by atoms with Gasteiger partial charge >= 0.3 is 6.18 Å². The van der Waals surface area contributed by atoms with E-state index in [1.165, 1.54) is 25.6 Å². The second-order valence-electron chi connectivity index (χ2n) is 11.6. The summed E-state index contributed by atoms with van der Waals surface area (Å²) in [5, 5.41) is 3.70. The van der Waals surface area contributed by atoms with E-state index in [1.54, 1.807) is 10.6 Å². The Morgan fingerprint density at radius 3 is 2.43 bits per heavy atom. The molecule has 5 rings (SSSR count). The van der Waals surface area contributed by atoms with E-state index >= 15 is 0 Å². The molecule has 0 atom stereocenters. The highest BCUT2D eigenvalue weighted by Gasteiger charge is 2.31. The van der Waals surface area contributed by atoms with Crippen molar-refractivity contribution in [2.24, 2.45) is 9.98 Å². The Hall–Kier alpha value is -3.00. The highest BCUT2D eigenvalue weighted by molar-refractivity contribution is 7.89. The summed E-state index contributed by atoms with van der Waals surface area (Å²) < 4.78 is 79.9. The van der Waals surface area contributed by atoms with Crippen LogP contribution in [0.5, 0.6) is 0 Å². The Balaban J connectivity index is 1.36. The van der Waals surface area contributed by atoms with Crippen molar-refractivity contribution in [3.8, 4) is 0 Å². The third-order valence-corrected chi connectivity index (χ3v) is 9.47. The number of aliphatic imine (C=N–C) groups is 1. The third kappa shape index (κ3) is 6.96. The van der Waals surface area contributed by atoms with Crippen LogP contribution in [0.2, 0.25) is 0 Å². The average Bonchev–Trinajstić information content (AvgIpc) is 2.88. The number of guanidine groups is 1. The minimum Gasteiger partial charge on any atom is -0.352 e. The molecule has 0 radical (unpaired) electrons. The van der Waals surface area contributed by atoms with Crippen LogP contribution in [0.4, 0.5) is 17.6 Å². The highest BCUT2D eigenvalue weighted by Crippen LogP contribution is 2.27. The van der Waals surface area contributed by atoms with E-state index in [4.69, 9.17) is 4.99 Å². The molecule has 1 saturated carbocycles. The first-order valence-corrected chi connectivity index (χ1v) is 16.0. The number of hydrogen-bond acceptors (Lipinski definition) is 7. The summed E-state index contributed by atoms with van der Waals surface area (Å²) in [5.41, 5.74) is 0.705. The number of hydrogen-bond donors (Lipinski definition) is 2. The van der Waals surface area contributed by atoms with Gasteiger partial charge < -0.3 is 10.2 Å². The van der Waals surface area contributed by atoms with Gasteiger partial charge in [-0.15, -0.1) is 0 Å². The van der Waals surface area contributed by atoms with Crippen LogP contribution in [-0.2, 0) is 16.6 Å². The third-order valence-electron chi connectivity index (χ3n) is 8.20. The highest BCUT2D eigenvalue weighted by atomic mass is 32.2. The van der Waals surface area contributed by atoms with Crippen molar-refractivity contribution in [1.29, 1.82) is 0 Å². The fraction of sp³-hybridized carbons (Fsp3) is 0.607. The molecule has 0 spiro atoms. The monoisotopic (exact) mass is 612 g/mol. The van der Waals surface area contributed by atoms with Crippen LogP contribution >= 0.6 is 0 Å². The number of rotatable bonds is 7. The predicted octanol–water partition coefficient (Wildman–Crippen LogP) is 2.69. The number of fused-ring (bicyclic) bond motifs is 1. The van der Waals surface area contributed by atoms with Crippen molar-refractivity contribution in [2.45, 2.75) is 89.6 Å². The Labute approximate surface area is 241 Å². The molecule has 2 N–H and O–H groups in total. The maximum Gasteiger partial charge on any atom is 0.390 e. The Morgan fingerprint density at radius 2 is 1.83 bits per heavy atom. The lowest BCUT2D eigenvalue weighted by Crippen LogP contribution is -2.50. The topological polar surface area (TPSA) is 108 Å². The number of halogens is 4. The Kier molecular flexibility index (Phi) is 8.66. The fourth-order valence-corrected chi connectivity index (χ4v) is 6.93. The number of pyridine rings is 1. The molecule has 4 aliphatic rings. The lowest BCUT2D eigenvalue weighted by molar-refractivity contribution is -0.129. The van der Waals surface area contributed by atoms with E-state index in [2.05, 4.69) is 15.2 Å². The van der Waals surface area contributed by atoms with E-state index in [9.17, 15) is 30.8 Å². The summed E-state index contributed by atoms with van der Waals surface area (Å²) in [6.07, 6.45) is 1.54. The second kappa shape index (κ2) is 11.9. The molecule has 2 aliphatic heterocycles. The first-order valence-electron chi connectivity index (χ1n) is 14.3. The van der Waals surface area contributed by atoms with E-state index in [1.807, 2.05) is 18.6 Å². The van der Waals surface area contributed by atoms with Crippen LogP contribution in [0.25, 0.3) is 5.57 Å². The van der Waals surface area contributed by atoms with E-state index in [-0.39, 0.29) is 29.4 Å². The predicted molar refractivity (Wildman–Crippen MR) is 151 cm³/mol. The number of aromatic nitrogens is 1. The van der Waals surface area contributed by atoms with Crippen molar-refractivity contribution in [3.63, 3.8) is 0 Å². The number of nitrogens with one attached hydrogen (secondary N) is 2. The van der Waals surface area contributed by atoms with Gasteiger partial charge in [-0.3, -0.25) is 14.1 Å². The van der Waals surface area contributed by atoms with Crippen LogP contribution < -0.4 is 26.3 Å². The molecule has 1 aromatic heterocycles. The largest absolute Gasteiger partial charge is 0.390 e. The zero-order valence-corrected chi connectivity index (χ0v) is 24.5. The van der Waals surface area contributed by atoms with Gasteiger partial charge in [0.1, 0.15) is 11.3 Å². The molecular formula is C28H36F4N6O3S. The van der Waals surface area contributed by atoms with Gasteiger partial charge in [-0.25, -0.2) is 17.8 Å². The van der Waals surface area contributed by atoms with Gasteiger partial charge in [0.2, 0.25) is 16.0 Å². The molecule has 2 fully saturated rings. The summed E-state index contributed by atoms with van der Waals surface area (Å²) in [6, 6.07) is 2.31. The minimum absolute atomic E-state index is 0.235. The quantitative estimate of drug-likeness (QED) is 0.461. The van der Waals surface area contributed by atoms with Gasteiger partial charge in [-0.2, -0.15) is 18.2 Å². The molecule has 230 valence electrons. The lowest BCUT2D eigenvalue weighted by atomic mass is 9.89. The number of allylic oxidation sites excluding steroid dienone is 3. The molecule has 0 bridgehead atoms. The average molecular weight is 613 g/mol. The maximum atomic E-state index is 15.0. The summed E-state index contributed by atoms with van der Waals surface area (Å²) in [6.45, 7) is 6.38. The summed E-state index contributed by atoms with van der Waals surface area (Å²) in [4.78, 5) is 25.5. The first-order chi connectivity index (χ1) is 19.8. The maximum absolute atomic E-state index is 15.0. The fourth-order valence-electron chi connectivity index (χ4n) is 5.82. The molecule has 1 saturated heterocycles. The molecule has 42 heavy (non-hydrogen) atoms. The molecule has 9 nitrogen and oxygen atoms in total. The Morgan fingerprint density at radius 1 is 1.12 bits per heavy atom. The van der Waals surface area contributed by atoms with E-state index in [0.717, 1.165) is 31.8 Å². The standard InChI is InChI=1S/C28H36F4N6O3S/c1-17(2)38-25-19(16-33-27(35-25)34-20-5-7-21(8-6-20)37-11-3-12-37)14-22(26(38)39)18-4-9-24(23(29)15-18)36-42(40,41)13-10-28(30,31)32/h4,9,14,17,20-21,36H,3,5-8,10-13,15-16H2,1-2H3,(H,33,34). The van der Waals surface area contributed by atoms with E-state index < -0.39 is 46.3 Å². The summed E-state index contributed by atoms with van der Waals surface area (Å²) in [5.74, 6) is -1.62. The number of alkyl halides is 3. The molecule has 0 amide bonds. The molecule has 0 aromatic carbocycles.